The number of methoxy groups -OCH3 is 1. The molecule has 0 fully saturated rings. The third-order valence-corrected chi connectivity index (χ3v) is 5.19. The molecule has 2 aromatic carbocycles. The molecule has 0 bridgehead atoms. The van der Waals surface area contributed by atoms with Crippen LogP contribution in [0.15, 0.2) is 58.2 Å². The summed E-state index contributed by atoms with van der Waals surface area (Å²) in [6, 6.07) is 12.1. The number of ether oxygens (including phenoxy) is 3. The van der Waals surface area contributed by atoms with Crippen molar-refractivity contribution in [3.8, 4) is 11.5 Å². The lowest BCUT2D eigenvalue weighted by molar-refractivity contribution is -0.143. The largest absolute Gasteiger partial charge is 0.493 e. The number of benzene rings is 2. The van der Waals surface area contributed by atoms with E-state index >= 15 is 0 Å². The summed E-state index contributed by atoms with van der Waals surface area (Å²) < 4.78 is 17.8. The van der Waals surface area contributed by atoms with Crippen LogP contribution in [0.4, 0.5) is 4.79 Å². The number of rotatable bonds is 7. The standard InChI is InChI=1S/C23H25BrN2O5/c1-13(2)31-22(27)20-14(3)25-23(28)26-21(20)16-7-10-18(19(11-16)29-4)30-12-15-5-8-17(24)9-6-15/h5-11,13,21H,12H2,1-4H3,(H2,25,26,28). The highest BCUT2D eigenvalue weighted by Gasteiger charge is 2.33. The molecule has 0 saturated heterocycles. The number of esters is 1. The molecular formula is C23H25BrN2O5. The van der Waals surface area contributed by atoms with E-state index in [1.807, 2.05) is 24.3 Å². The first-order chi connectivity index (χ1) is 14.8. The predicted molar refractivity (Wildman–Crippen MR) is 120 cm³/mol. The maximum absolute atomic E-state index is 12.7. The lowest BCUT2D eigenvalue weighted by Crippen LogP contribution is -2.45. The third-order valence-electron chi connectivity index (χ3n) is 4.66. The highest BCUT2D eigenvalue weighted by molar-refractivity contribution is 9.10. The van der Waals surface area contributed by atoms with Crippen LogP contribution in [-0.4, -0.2) is 25.2 Å². The summed E-state index contributed by atoms with van der Waals surface area (Å²) in [7, 11) is 1.54. The van der Waals surface area contributed by atoms with Gasteiger partial charge in [-0.1, -0.05) is 34.1 Å². The number of carbonyl (C=O) groups is 2. The van der Waals surface area contributed by atoms with Crippen LogP contribution in [0.25, 0.3) is 0 Å². The topological polar surface area (TPSA) is 85.9 Å². The van der Waals surface area contributed by atoms with Gasteiger partial charge in [0.2, 0.25) is 0 Å². The van der Waals surface area contributed by atoms with Crippen molar-refractivity contribution in [2.75, 3.05) is 7.11 Å². The van der Waals surface area contributed by atoms with Crippen LogP contribution in [-0.2, 0) is 16.1 Å². The minimum absolute atomic E-state index is 0.282. The molecule has 1 atom stereocenters. The van der Waals surface area contributed by atoms with Crippen molar-refractivity contribution in [3.05, 3.63) is 69.3 Å². The zero-order chi connectivity index (χ0) is 22.5. The maximum Gasteiger partial charge on any atom is 0.338 e. The Kier molecular flexibility index (Phi) is 7.22. The van der Waals surface area contributed by atoms with Crippen LogP contribution < -0.4 is 20.1 Å². The summed E-state index contributed by atoms with van der Waals surface area (Å²) in [5.41, 5.74) is 2.49. The first kappa shape index (κ1) is 22.7. The summed E-state index contributed by atoms with van der Waals surface area (Å²) in [5, 5.41) is 5.43. The van der Waals surface area contributed by atoms with Gasteiger partial charge in [0.05, 0.1) is 24.8 Å². The van der Waals surface area contributed by atoms with Gasteiger partial charge in [0.15, 0.2) is 11.5 Å². The minimum Gasteiger partial charge on any atom is -0.493 e. The minimum atomic E-state index is -0.672. The fraction of sp³-hybridized carbons (Fsp3) is 0.304. The second kappa shape index (κ2) is 9.87. The Morgan fingerprint density at radius 1 is 1.13 bits per heavy atom. The fourth-order valence-electron chi connectivity index (χ4n) is 3.22. The van der Waals surface area contributed by atoms with E-state index in [0.717, 1.165) is 10.0 Å². The van der Waals surface area contributed by atoms with E-state index in [4.69, 9.17) is 14.2 Å². The van der Waals surface area contributed by atoms with Gasteiger partial charge in [0.25, 0.3) is 0 Å². The first-order valence-electron chi connectivity index (χ1n) is 9.83. The number of carbonyl (C=O) groups excluding carboxylic acids is 2. The first-order valence-corrected chi connectivity index (χ1v) is 10.6. The summed E-state index contributed by atoms with van der Waals surface area (Å²) in [5.74, 6) is 0.567. The number of halogens is 1. The lowest BCUT2D eigenvalue weighted by atomic mass is 9.95. The predicted octanol–water partition coefficient (Wildman–Crippen LogP) is 4.62. The summed E-state index contributed by atoms with van der Waals surface area (Å²) >= 11 is 3.41. The third kappa shape index (κ3) is 5.58. The van der Waals surface area contributed by atoms with E-state index in [1.165, 1.54) is 0 Å². The van der Waals surface area contributed by atoms with Crippen molar-refractivity contribution < 1.29 is 23.8 Å². The molecule has 164 valence electrons. The second-order valence-electron chi connectivity index (χ2n) is 7.35. The van der Waals surface area contributed by atoms with E-state index < -0.39 is 18.0 Å². The van der Waals surface area contributed by atoms with Crippen LogP contribution in [0, 0.1) is 0 Å². The molecule has 0 radical (unpaired) electrons. The van der Waals surface area contributed by atoms with E-state index in [1.54, 1.807) is 46.1 Å². The summed E-state index contributed by atoms with van der Waals surface area (Å²) in [6.45, 7) is 5.60. The normalized spacial score (nSPS) is 15.9. The van der Waals surface area contributed by atoms with Crippen molar-refractivity contribution in [2.24, 2.45) is 0 Å². The van der Waals surface area contributed by atoms with Gasteiger partial charge >= 0.3 is 12.0 Å². The molecule has 1 aliphatic heterocycles. The van der Waals surface area contributed by atoms with E-state index in [-0.39, 0.29) is 6.10 Å². The average Bonchev–Trinajstić information content (AvgIpc) is 2.72. The van der Waals surface area contributed by atoms with Gasteiger partial charge < -0.3 is 24.8 Å². The fourth-order valence-corrected chi connectivity index (χ4v) is 3.48. The van der Waals surface area contributed by atoms with Crippen molar-refractivity contribution >= 4 is 27.9 Å². The average molecular weight is 489 g/mol. The molecule has 1 unspecified atom stereocenters. The van der Waals surface area contributed by atoms with Gasteiger partial charge in [-0.3, -0.25) is 0 Å². The van der Waals surface area contributed by atoms with E-state index in [9.17, 15) is 9.59 Å². The molecule has 0 aliphatic carbocycles. The molecule has 0 spiro atoms. The van der Waals surface area contributed by atoms with Crippen molar-refractivity contribution in [3.63, 3.8) is 0 Å². The Bertz CT molecular complexity index is 1000. The zero-order valence-electron chi connectivity index (χ0n) is 17.8. The van der Waals surface area contributed by atoms with Gasteiger partial charge in [-0.25, -0.2) is 9.59 Å². The summed E-state index contributed by atoms with van der Waals surface area (Å²) in [6.07, 6.45) is -0.282. The second-order valence-corrected chi connectivity index (χ2v) is 8.27. The van der Waals surface area contributed by atoms with E-state index in [0.29, 0.717) is 34.9 Å². The Labute approximate surface area is 189 Å². The van der Waals surface area contributed by atoms with Gasteiger partial charge in [0, 0.05) is 10.2 Å². The quantitative estimate of drug-likeness (QED) is 0.555. The molecule has 0 aromatic heterocycles. The molecule has 31 heavy (non-hydrogen) atoms. The van der Waals surface area contributed by atoms with Gasteiger partial charge in [-0.2, -0.15) is 0 Å². The number of amides is 2. The molecule has 3 rings (SSSR count). The number of allylic oxidation sites excluding steroid dienone is 1. The van der Waals surface area contributed by atoms with Crippen molar-refractivity contribution in [2.45, 2.75) is 39.5 Å². The highest BCUT2D eigenvalue weighted by atomic mass is 79.9. The van der Waals surface area contributed by atoms with Gasteiger partial charge in [0.1, 0.15) is 6.61 Å². The Hall–Kier alpha value is -3.00. The Morgan fingerprint density at radius 2 is 1.84 bits per heavy atom. The van der Waals surface area contributed by atoms with E-state index in [2.05, 4.69) is 26.6 Å². The maximum atomic E-state index is 12.7. The smallest absolute Gasteiger partial charge is 0.338 e. The van der Waals surface area contributed by atoms with Crippen LogP contribution >= 0.6 is 15.9 Å². The molecule has 8 heteroatoms. The molecule has 2 aromatic rings. The molecule has 0 saturated carbocycles. The van der Waals surface area contributed by atoms with Crippen LogP contribution in [0.3, 0.4) is 0 Å². The Morgan fingerprint density at radius 3 is 2.48 bits per heavy atom. The Balaban J connectivity index is 1.87. The van der Waals surface area contributed by atoms with Crippen LogP contribution in [0.2, 0.25) is 0 Å². The molecule has 1 aliphatic rings. The number of hydrogen-bond acceptors (Lipinski definition) is 5. The van der Waals surface area contributed by atoms with Crippen LogP contribution in [0.1, 0.15) is 37.9 Å². The summed E-state index contributed by atoms with van der Waals surface area (Å²) in [4.78, 5) is 24.8. The van der Waals surface area contributed by atoms with Crippen LogP contribution in [0.5, 0.6) is 11.5 Å². The SMILES string of the molecule is COc1cc(C2NC(=O)NC(C)=C2C(=O)OC(C)C)ccc1OCc1ccc(Br)cc1. The monoisotopic (exact) mass is 488 g/mol. The van der Waals surface area contributed by atoms with Crippen molar-refractivity contribution in [1.82, 2.24) is 10.6 Å². The molecule has 7 nitrogen and oxygen atoms in total. The lowest BCUT2D eigenvalue weighted by Gasteiger charge is -2.29. The van der Waals surface area contributed by atoms with Gasteiger partial charge in [-0.15, -0.1) is 0 Å². The zero-order valence-corrected chi connectivity index (χ0v) is 19.4. The number of hydrogen-bond donors (Lipinski definition) is 2. The highest BCUT2D eigenvalue weighted by Crippen LogP contribution is 2.35. The molecule has 2 N–H and O–H groups in total. The molecular weight excluding hydrogens is 464 g/mol. The van der Waals surface area contributed by atoms with Gasteiger partial charge in [-0.05, 0) is 56.2 Å². The molecule has 1 heterocycles. The molecule has 2 amide bonds. The number of nitrogens with one attached hydrogen (secondary N) is 2. The number of urea groups is 1. The van der Waals surface area contributed by atoms with Crippen molar-refractivity contribution in [1.29, 1.82) is 0 Å².